The largest absolute Gasteiger partial charge is 0.463 e. The van der Waals surface area contributed by atoms with Crippen molar-refractivity contribution >= 4 is 17.8 Å². The molecule has 0 aliphatic carbocycles. The number of carbonyl (C=O) groups is 3. The molecule has 0 radical (unpaired) electrons. The number of amides is 2. The zero-order valence-electron chi connectivity index (χ0n) is 15.5. The Labute approximate surface area is 152 Å². The molecule has 8 nitrogen and oxygen atoms in total. The quantitative estimate of drug-likeness (QED) is 0.409. The van der Waals surface area contributed by atoms with Crippen LogP contribution in [0.3, 0.4) is 0 Å². The summed E-state index contributed by atoms with van der Waals surface area (Å²) in [5, 5.41) is 0. The molecule has 3 rings (SSSR count). The molecule has 2 bridgehead atoms. The van der Waals surface area contributed by atoms with E-state index in [-0.39, 0.29) is 38.4 Å². The summed E-state index contributed by atoms with van der Waals surface area (Å²) in [7, 11) is 0. The first-order valence-electron chi connectivity index (χ1n) is 8.77. The molecule has 0 N–H and O–H groups in total. The molecule has 0 saturated carbocycles. The second kappa shape index (κ2) is 6.75. The minimum Gasteiger partial charge on any atom is -0.463 e. The maximum absolute atomic E-state index is 12.5. The van der Waals surface area contributed by atoms with Crippen molar-refractivity contribution in [3.05, 3.63) is 12.2 Å². The van der Waals surface area contributed by atoms with E-state index in [0.29, 0.717) is 0 Å². The number of carbonyl (C=O) groups excluding carboxylic acids is 3. The molecular weight excluding hydrogens is 342 g/mol. The van der Waals surface area contributed by atoms with Gasteiger partial charge in [0, 0.05) is 0 Å². The Bertz CT molecular complexity index is 631. The molecule has 0 spiro atoms. The van der Waals surface area contributed by atoms with Crippen LogP contribution >= 0.6 is 0 Å². The molecule has 0 aromatic rings. The Morgan fingerprint density at radius 2 is 1.85 bits per heavy atom. The smallest absolute Gasteiger partial charge is 0.316 e. The van der Waals surface area contributed by atoms with Crippen LogP contribution in [-0.2, 0) is 33.3 Å². The molecule has 3 aliphatic heterocycles. The molecule has 3 aliphatic rings. The van der Waals surface area contributed by atoms with Crippen LogP contribution in [0.2, 0.25) is 0 Å². The van der Waals surface area contributed by atoms with Crippen LogP contribution in [0.15, 0.2) is 12.2 Å². The van der Waals surface area contributed by atoms with Crippen molar-refractivity contribution < 1.29 is 33.3 Å². The van der Waals surface area contributed by atoms with Gasteiger partial charge >= 0.3 is 5.97 Å². The highest BCUT2D eigenvalue weighted by Gasteiger charge is 2.45. The fraction of sp³-hybridized carbons (Fsp3) is 0.722. The summed E-state index contributed by atoms with van der Waals surface area (Å²) in [4.78, 5) is 38.4. The highest BCUT2D eigenvalue weighted by molar-refractivity contribution is 6.00. The van der Waals surface area contributed by atoms with E-state index in [1.807, 2.05) is 0 Å². The Morgan fingerprint density at radius 3 is 2.50 bits per heavy atom. The van der Waals surface area contributed by atoms with E-state index in [1.165, 1.54) is 0 Å². The van der Waals surface area contributed by atoms with Crippen molar-refractivity contribution in [2.24, 2.45) is 11.3 Å². The summed E-state index contributed by atoms with van der Waals surface area (Å²) >= 11 is 0. The molecule has 3 atom stereocenters. The average molecular weight is 367 g/mol. The van der Waals surface area contributed by atoms with Crippen LogP contribution in [0.4, 0.5) is 0 Å². The number of hydrogen-bond donors (Lipinski definition) is 0. The van der Waals surface area contributed by atoms with E-state index in [0.717, 1.165) is 4.90 Å². The summed E-state index contributed by atoms with van der Waals surface area (Å²) in [5.41, 5.74) is -0.916. The first-order chi connectivity index (χ1) is 12.1. The van der Waals surface area contributed by atoms with E-state index in [2.05, 4.69) is 0 Å². The molecule has 144 valence electrons. The van der Waals surface area contributed by atoms with Gasteiger partial charge in [0.25, 0.3) is 5.91 Å². The van der Waals surface area contributed by atoms with Gasteiger partial charge in [0.2, 0.25) is 5.91 Å². The third-order valence-corrected chi connectivity index (χ3v) is 4.95. The van der Waals surface area contributed by atoms with Gasteiger partial charge in [-0.05, 0) is 26.8 Å². The Morgan fingerprint density at radius 1 is 1.19 bits per heavy atom. The van der Waals surface area contributed by atoms with Gasteiger partial charge in [-0.25, -0.2) is 0 Å². The number of fused-ring (bicyclic) bond motifs is 2. The molecule has 2 unspecified atom stereocenters. The third kappa shape index (κ3) is 3.54. The van der Waals surface area contributed by atoms with Crippen molar-refractivity contribution in [3.8, 4) is 0 Å². The molecule has 2 saturated heterocycles. The minimum atomic E-state index is -0.916. The van der Waals surface area contributed by atoms with Crippen LogP contribution in [0.5, 0.6) is 0 Å². The van der Waals surface area contributed by atoms with Crippen molar-refractivity contribution in [1.82, 2.24) is 4.90 Å². The molecule has 0 aromatic heterocycles. The van der Waals surface area contributed by atoms with Crippen molar-refractivity contribution in [3.63, 3.8) is 0 Å². The number of ether oxygens (including phenoxy) is 4. The lowest BCUT2D eigenvalue weighted by molar-refractivity contribution is -0.281. The first kappa shape index (κ1) is 19.0. The van der Waals surface area contributed by atoms with Gasteiger partial charge < -0.3 is 18.9 Å². The molecule has 2 amide bonds. The molecule has 2 fully saturated rings. The number of rotatable bonds is 4. The van der Waals surface area contributed by atoms with Gasteiger partial charge in [0.15, 0.2) is 11.9 Å². The van der Waals surface area contributed by atoms with Crippen LogP contribution in [0, 0.1) is 11.3 Å². The van der Waals surface area contributed by atoms with Gasteiger partial charge in [-0.2, -0.15) is 0 Å². The standard InChI is InChI=1S/C18H25NO7/c1-11-12-5-6-13(26-12)15(21)19(14(11)20)7-8-23-16(22)18(4)9-24-17(2,3)25-10-18/h5-6,11-13H,7-10H2,1-4H3/t11-,12?,13?/m0/s1. The Hall–Kier alpha value is -1.77. The fourth-order valence-electron chi connectivity index (χ4n) is 3.04. The van der Waals surface area contributed by atoms with Gasteiger partial charge in [-0.3, -0.25) is 19.3 Å². The van der Waals surface area contributed by atoms with Crippen LogP contribution in [-0.4, -0.2) is 67.0 Å². The predicted molar refractivity (Wildman–Crippen MR) is 88.7 cm³/mol. The second-order valence-electron chi connectivity index (χ2n) is 7.70. The summed E-state index contributed by atoms with van der Waals surface area (Å²) in [6, 6.07) is 0. The second-order valence-corrected chi connectivity index (χ2v) is 7.70. The highest BCUT2D eigenvalue weighted by Crippen LogP contribution is 2.30. The van der Waals surface area contributed by atoms with E-state index >= 15 is 0 Å². The SMILES string of the molecule is C[C@@H]1C(=O)N(CCOC(=O)C2(C)COC(C)(C)OC2)C(=O)C2C=CC1O2. The van der Waals surface area contributed by atoms with E-state index < -0.39 is 35.1 Å². The molecule has 8 heteroatoms. The van der Waals surface area contributed by atoms with Gasteiger partial charge in [-0.15, -0.1) is 0 Å². The first-order valence-corrected chi connectivity index (χ1v) is 8.77. The lowest BCUT2D eigenvalue weighted by Crippen LogP contribution is -2.50. The van der Waals surface area contributed by atoms with Crippen molar-refractivity contribution in [1.29, 1.82) is 0 Å². The summed E-state index contributed by atoms with van der Waals surface area (Å²) < 4.78 is 21.9. The summed E-state index contributed by atoms with van der Waals surface area (Å²) in [6.45, 7) is 7.25. The van der Waals surface area contributed by atoms with Gasteiger partial charge in [0.1, 0.15) is 12.0 Å². The Kier molecular flexibility index (Phi) is 4.94. The average Bonchev–Trinajstić information content (AvgIpc) is 3.07. The summed E-state index contributed by atoms with van der Waals surface area (Å²) in [6.07, 6.45) is 2.27. The summed E-state index contributed by atoms with van der Waals surface area (Å²) in [5.74, 6) is -2.41. The van der Waals surface area contributed by atoms with Crippen molar-refractivity contribution in [2.75, 3.05) is 26.4 Å². The van der Waals surface area contributed by atoms with Gasteiger partial charge in [0.05, 0.1) is 31.8 Å². The number of hydrogen-bond acceptors (Lipinski definition) is 7. The minimum absolute atomic E-state index is 0.00253. The monoisotopic (exact) mass is 367 g/mol. The number of nitrogens with zero attached hydrogens (tertiary/aromatic N) is 1. The normalized spacial score (nSPS) is 32.5. The number of esters is 1. The van der Waals surface area contributed by atoms with E-state index in [1.54, 1.807) is 39.8 Å². The lowest BCUT2D eigenvalue weighted by Gasteiger charge is -2.39. The van der Waals surface area contributed by atoms with Crippen LogP contribution in [0.1, 0.15) is 27.7 Å². The van der Waals surface area contributed by atoms with Crippen LogP contribution in [0.25, 0.3) is 0 Å². The topological polar surface area (TPSA) is 91.4 Å². The molecule has 26 heavy (non-hydrogen) atoms. The third-order valence-electron chi connectivity index (χ3n) is 4.95. The number of imide groups is 1. The fourth-order valence-corrected chi connectivity index (χ4v) is 3.04. The van der Waals surface area contributed by atoms with Crippen molar-refractivity contribution in [2.45, 2.75) is 45.7 Å². The van der Waals surface area contributed by atoms with Crippen LogP contribution < -0.4 is 0 Å². The maximum Gasteiger partial charge on any atom is 0.316 e. The highest BCUT2D eigenvalue weighted by atomic mass is 16.7. The molecule has 0 aromatic carbocycles. The zero-order valence-corrected chi connectivity index (χ0v) is 15.5. The maximum atomic E-state index is 12.5. The van der Waals surface area contributed by atoms with E-state index in [9.17, 15) is 14.4 Å². The van der Waals surface area contributed by atoms with E-state index in [4.69, 9.17) is 18.9 Å². The lowest BCUT2D eigenvalue weighted by atomic mass is 9.92. The Balaban J connectivity index is 1.55. The zero-order chi connectivity index (χ0) is 19.1. The van der Waals surface area contributed by atoms with Gasteiger partial charge in [-0.1, -0.05) is 13.0 Å². The molecule has 3 heterocycles. The molecular formula is C18H25NO7. The predicted octanol–water partition coefficient (Wildman–Crippen LogP) is 0.647.